The summed E-state index contributed by atoms with van der Waals surface area (Å²) in [7, 11) is 0. The van der Waals surface area contributed by atoms with Gasteiger partial charge in [0.2, 0.25) is 0 Å². The zero-order chi connectivity index (χ0) is 28.1. The van der Waals surface area contributed by atoms with Crippen LogP contribution < -0.4 is 17.0 Å². The molecule has 16 nitrogen and oxygen atoms in total. The van der Waals surface area contributed by atoms with Gasteiger partial charge in [-0.25, -0.2) is 24.1 Å². The van der Waals surface area contributed by atoms with Gasteiger partial charge < -0.3 is 39.4 Å². The van der Waals surface area contributed by atoms with Crippen molar-refractivity contribution in [2.24, 2.45) is 0 Å². The van der Waals surface area contributed by atoms with Gasteiger partial charge in [0.15, 0.2) is 23.9 Å². The summed E-state index contributed by atoms with van der Waals surface area (Å²) in [6.45, 7) is -3.65. The number of aliphatic hydroxyl groups excluding tert-OH is 2. The van der Waals surface area contributed by atoms with Gasteiger partial charge in [0.1, 0.15) is 36.4 Å². The number of H-pyrrole nitrogens is 1. The van der Waals surface area contributed by atoms with Crippen molar-refractivity contribution in [1.82, 2.24) is 29.1 Å². The predicted octanol–water partition coefficient (Wildman–Crippen LogP) is -1.24. The number of imidazole rings is 1. The number of nitrogens with one attached hydrogen (secondary N) is 1. The summed E-state index contributed by atoms with van der Waals surface area (Å²) >= 11 is 5.09. The van der Waals surface area contributed by atoms with Crippen LogP contribution in [0.5, 0.6) is 0 Å². The average Bonchev–Trinajstić information content (AvgIpc) is 3.57. The molecule has 0 aromatic carbocycles. The predicted molar refractivity (Wildman–Crippen MR) is 134 cm³/mol. The molecule has 2 aliphatic heterocycles. The van der Waals surface area contributed by atoms with E-state index in [1.54, 1.807) is 4.57 Å². The van der Waals surface area contributed by atoms with Gasteiger partial charge >= 0.3 is 12.4 Å². The number of hydrogen-bond acceptors (Lipinski definition) is 13. The molecule has 0 spiro atoms. The van der Waals surface area contributed by atoms with Crippen molar-refractivity contribution in [3.63, 3.8) is 0 Å². The molecule has 2 aliphatic rings. The number of anilines is 1. The fourth-order valence-electron chi connectivity index (χ4n) is 4.44. The quantitative estimate of drug-likeness (QED) is 0.194. The Kier molecular flexibility index (Phi) is 7.66. The normalized spacial score (nSPS) is 30.6. The fraction of sp³-hybridized carbons (Fsp3) is 0.550. The third kappa shape index (κ3) is 5.39. The van der Waals surface area contributed by atoms with Crippen LogP contribution in [0, 0.1) is 6.92 Å². The molecule has 2 saturated heterocycles. The van der Waals surface area contributed by atoms with Gasteiger partial charge in [0.25, 0.3) is 5.56 Å². The number of alkyl halides is 1. The Morgan fingerprint density at radius 3 is 2.79 bits per heavy atom. The van der Waals surface area contributed by atoms with Gasteiger partial charge in [0.05, 0.1) is 25.6 Å². The van der Waals surface area contributed by atoms with E-state index in [9.17, 15) is 29.1 Å². The van der Waals surface area contributed by atoms with Crippen molar-refractivity contribution >= 4 is 35.5 Å². The topological polar surface area (TPSA) is 222 Å². The first-order valence-electron chi connectivity index (χ1n) is 11.6. The maximum absolute atomic E-state index is 14.8. The summed E-state index contributed by atoms with van der Waals surface area (Å²) in [6, 6.07) is 0. The third-order valence-electron chi connectivity index (χ3n) is 6.44. The monoisotopic (exact) mass is 589 g/mol. The molecule has 8 atom stereocenters. The molecular weight excluding hydrogens is 564 g/mol. The molecule has 5 heterocycles. The second kappa shape index (κ2) is 10.7. The first-order valence-corrected chi connectivity index (χ1v) is 14.2. The number of fused-ring (bicyclic) bond motifs is 1. The maximum Gasteiger partial charge on any atom is 0.330 e. The first kappa shape index (κ1) is 27.9. The molecule has 0 bridgehead atoms. The summed E-state index contributed by atoms with van der Waals surface area (Å²) in [6.07, 6.45) is -5.23. The molecule has 0 saturated carbocycles. The molecule has 39 heavy (non-hydrogen) atoms. The van der Waals surface area contributed by atoms with Crippen LogP contribution in [0.25, 0.3) is 11.2 Å². The minimum atomic E-state index is -4.02. The summed E-state index contributed by atoms with van der Waals surface area (Å²) in [5.41, 5.74) is 5.15. The maximum atomic E-state index is 14.8. The smallest absolute Gasteiger partial charge is 0.330 e. The summed E-state index contributed by atoms with van der Waals surface area (Å²) in [4.78, 5) is 48.7. The van der Waals surface area contributed by atoms with Gasteiger partial charge in [0, 0.05) is 18.2 Å². The number of halogens is 1. The van der Waals surface area contributed by atoms with E-state index in [0.29, 0.717) is 11.2 Å². The molecule has 3 aromatic rings. The van der Waals surface area contributed by atoms with Gasteiger partial charge in [-0.15, -0.1) is 0 Å². The van der Waals surface area contributed by atoms with Crippen molar-refractivity contribution < 1.29 is 38.0 Å². The highest BCUT2D eigenvalue weighted by Gasteiger charge is 2.47. The number of rotatable bonds is 8. The Morgan fingerprint density at radius 2 is 2.05 bits per heavy atom. The lowest BCUT2D eigenvalue weighted by Gasteiger charge is -2.24. The van der Waals surface area contributed by atoms with Crippen molar-refractivity contribution in [1.29, 1.82) is 0 Å². The number of nitrogens with two attached hydrogens (primary N) is 1. The van der Waals surface area contributed by atoms with Crippen molar-refractivity contribution in [2.45, 2.75) is 56.4 Å². The molecule has 0 aliphatic carbocycles. The first-order chi connectivity index (χ1) is 18.5. The van der Waals surface area contributed by atoms with Crippen molar-refractivity contribution in [3.8, 4) is 0 Å². The lowest BCUT2D eigenvalue weighted by Crippen LogP contribution is -2.36. The number of aromatic nitrogens is 6. The van der Waals surface area contributed by atoms with E-state index in [1.807, 2.05) is 4.98 Å². The van der Waals surface area contributed by atoms with Crippen LogP contribution in [0.3, 0.4) is 0 Å². The van der Waals surface area contributed by atoms with E-state index in [0.717, 1.165) is 10.8 Å². The zero-order valence-corrected chi connectivity index (χ0v) is 21.9. The lowest BCUT2D eigenvalue weighted by molar-refractivity contribution is -0.0538. The standard InChI is InChI=1S/C20H25FN7O9PS/c1-8-3-27(20(32)26-18(8)31)19-13(21)15(30)11(36-19)5-34-38(33,39)37-9-2-12(35-10(9)4-29)28-7-25-14-16(22)23-6-24-17(14)28/h3,6-7,9-13,15,19,29-30H,2,4-5H2,1H3,(H,33,39)(H2,22,23,24)(H,26,31,32)/t9-,10+,11+,12+,13-,15+,19+,38?/m0/s1. The fourth-order valence-corrected chi connectivity index (χ4v) is 5.91. The lowest BCUT2D eigenvalue weighted by atomic mass is 10.1. The highest BCUT2D eigenvalue weighted by atomic mass is 32.5. The van der Waals surface area contributed by atoms with E-state index >= 15 is 0 Å². The Bertz CT molecular complexity index is 1540. The number of aryl methyl sites for hydroxylation is 1. The minimum absolute atomic E-state index is 0.120. The largest absolute Gasteiger partial charge is 0.394 e. The number of nitrogen functional groups attached to an aromatic ring is 1. The number of ether oxygens (including phenoxy) is 2. The highest BCUT2D eigenvalue weighted by Crippen LogP contribution is 2.49. The molecule has 0 radical (unpaired) electrons. The highest BCUT2D eigenvalue weighted by molar-refractivity contribution is 8.07. The molecule has 212 valence electrons. The van der Waals surface area contributed by atoms with E-state index in [4.69, 9.17) is 36.1 Å². The number of aromatic amines is 1. The Morgan fingerprint density at radius 1 is 1.28 bits per heavy atom. The van der Waals surface area contributed by atoms with Gasteiger partial charge in [-0.1, -0.05) is 0 Å². The molecule has 19 heteroatoms. The third-order valence-corrected chi connectivity index (χ3v) is 8.03. The van der Waals surface area contributed by atoms with Gasteiger partial charge in [-0.05, 0) is 18.7 Å². The van der Waals surface area contributed by atoms with E-state index < -0.39 is 74.2 Å². The zero-order valence-electron chi connectivity index (χ0n) is 20.2. The van der Waals surface area contributed by atoms with Crippen LogP contribution in [0.2, 0.25) is 0 Å². The van der Waals surface area contributed by atoms with E-state index in [1.165, 1.54) is 19.6 Å². The van der Waals surface area contributed by atoms with Crippen LogP contribution in [0.4, 0.5) is 10.2 Å². The Hall–Kier alpha value is -2.67. The Balaban J connectivity index is 1.24. The second-order valence-electron chi connectivity index (χ2n) is 9.02. The van der Waals surface area contributed by atoms with Crippen molar-refractivity contribution in [3.05, 3.63) is 45.3 Å². The SMILES string of the molecule is Cc1cn([C@@H]2O[C@H](COP(O)(=S)O[C@H]3C[C@H](n4cnc5c(N)ncnc54)O[C@@H]3CO)[C@@H](O)[C@@H]2F)c(=O)[nH]c1=O. The Labute approximate surface area is 223 Å². The van der Waals surface area contributed by atoms with Crippen LogP contribution >= 0.6 is 6.72 Å². The molecule has 0 amide bonds. The van der Waals surface area contributed by atoms with Gasteiger partial charge in [-0.2, -0.15) is 0 Å². The second-order valence-corrected chi connectivity index (χ2v) is 11.8. The molecule has 6 N–H and O–H groups in total. The molecular formula is C20H25FN7O9PS. The number of hydrogen-bond donors (Lipinski definition) is 5. The molecule has 2 fully saturated rings. The number of aliphatic hydroxyl groups is 2. The average molecular weight is 589 g/mol. The minimum Gasteiger partial charge on any atom is -0.394 e. The van der Waals surface area contributed by atoms with E-state index in [2.05, 4.69) is 15.0 Å². The summed E-state index contributed by atoms with van der Waals surface area (Å²) < 4.78 is 39.5. The molecule has 5 rings (SSSR count). The van der Waals surface area contributed by atoms with Crippen LogP contribution in [0.15, 0.2) is 28.4 Å². The summed E-state index contributed by atoms with van der Waals surface area (Å²) in [5, 5.41) is 20.1. The number of nitrogens with zero attached hydrogens (tertiary/aromatic N) is 5. The molecule has 3 aromatic heterocycles. The van der Waals surface area contributed by atoms with Gasteiger partial charge in [-0.3, -0.25) is 18.9 Å². The van der Waals surface area contributed by atoms with Crippen molar-refractivity contribution in [2.75, 3.05) is 18.9 Å². The van der Waals surface area contributed by atoms with Crippen LogP contribution in [-0.4, -0.2) is 88.0 Å². The van der Waals surface area contributed by atoms with Crippen LogP contribution in [0.1, 0.15) is 24.4 Å². The molecule has 1 unspecified atom stereocenters. The summed E-state index contributed by atoms with van der Waals surface area (Å²) in [5.74, 6) is 0.178. The van der Waals surface area contributed by atoms with Crippen LogP contribution in [-0.2, 0) is 30.3 Å². The van der Waals surface area contributed by atoms with E-state index in [-0.39, 0.29) is 17.8 Å².